The minimum atomic E-state index is 0.147. The topological polar surface area (TPSA) is 69.2 Å². The van der Waals surface area contributed by atoms with Gasteiger partial charge in [-0.25, -0.2) is 4.98 Å². The van der Waals surface area contributed by atoms with Gasteiger partial charge in [0.2, 0.25) is 5.91 Å². The third-order valence-corrected chi connectivity index (χ3v) is 5.17. The van der Waals surface area contributed by atoms with Crippen molar-refractivity contribution in [3.05, 3.63) is 59.9 Å². The van der Waals surface area contributed by atoms with Crippen LogP contribution < -0.4 is 0 Å². The third kappa shape index (κ3) is 3.43. The molecular formula is C21H23N3O2. The number of hydrogen-bond acceptors (Lipinski definition) is 3. The Labute approximate surface area is 152 Å². The van der Waals surface area contributed by atoms with Crippen molar-refractivity contribution in [2.75, 3.05) is 13.1 Å². The molecule has 5 heteroatoms. The van der Waals surface area contributed by atoms with Gasteiger partial charge >= 0.3 is 0 Å². The van der Waals surface area contributed by atoms with Crippen molar-refractivity contribution in [3.8, 4) is 5.75 Å². The molecule has 0 bridgehead atoms. The number of para-hydroxylation sites is 3. The van der Waals surface area contributed by atoms with Gasteiger partial charge in [0.05, 0.1) is 11.0 Å². The fraction of sp³-hybridized carbons (Fsp3) is 0.333. The Morgan fingerprint density at radius 3 is 2.85 bits per heavy atom. The first-order valence-electron chi connectivity index (χ1n) is 9.20. The highest BCUT2D eigenvalue weighted by Crippen LogP contribution is 2.27. The molecule has 0 aliphatic carbocycles. The molecule has 1 aliphatic heterocycles. The van der Waals surface area contributed by atoms with E-state index in [0.29, 0.717) is 19.4 Å². The SMILES string of the molecule is O=C(CCc1ccccc1O)N1CCCC(c2nc3ccccc3[nH]2)C1. The lowest BCUT2D eigenvalue weighted by atomic mass is 9.96. The standard InChI is InChI=1S/C21H23N3O2/c25-19-10-4-1-6-15(19)11-12-20(26)24-13-5-7-16(14-24)21-22-17-8-2-3-9-18(17)23-21/h1-4,6,8-10,16,25H,5,7,11-14H2,(H,22,23). The van der Waals surface area contributed by atoms with Gasteiger partial charge in [0.15, 0.2) is 0 Å². The van der Waals surface area contributed by atoms with Gasteiger partial charge in [-0.3, -0.25) is 4.79 Å². The number of phenolic OH excluding ortho intramolecular Hbond substituents is 1. The average molecular weight is 349 g/mol. The number of piperidine rings is 1. The number of aromatic nitrogens is 2. The van der Waals surface area contributed by atoms with Crippen LogP contribution in [0.25, 0.3) is 11.0 Å². The van der Waals surface area contributed by atoms with Crippen molar-refractivity contribution in [1.29, 1.82) is 0 Å². The zero-order chi connectivity index (χ0) is 17.9. The summed E-state index contributed by atoms with van der Waals surface area (Å²) in [6, 6.07) is 15.2. The van der Waals surface area contributed by atoms with Crippen LogP contribution in [0.15, 0.2) is 48.5 Å². The number of amides is 1. The number of hydrogen-bond donors (Lipinski definition) is 2. The number of fused-ring (bicyclic) bond motifs is 1. The van der Waals surface area contributed by atoms with E-state index in [4.69, 9.17) is 4.98 Å². The van der Waals surface area contributed by atoms with Gasteiger partial charge in [-0.15, -0.1) is 0 Å². The molecule has 134 valence electrons. The molecule has 1 saturated heterocycles. The summed E-state index contributed by atoms with van der Waals surface area (Å²) in [5, 5.41) is 9.86. The van der Waals surface area contributed by atoms with E-state index < -0.39 is 0 Å². The summed E-state index contributed by atoms with van der Waals surface area (Å²) in [4.78, 5) is 22.7. The van der Waals surface area contributed by atoms with Crippen molar-refractivity contribution in [2.24, 2.45) is 0 Å². The molecule has 0 radical (unpaired) electrons. The first-order chi connectivity index (χ1) is 12.7. The highest BCUT2D eigenvalue weighted by atomic mass is 16.3. The van der Waals surface area contributed by atoms with E-state index in [2.05, 4.69) is 4.98 Å². The molecule has 1 unspecified atom stereocenters. The Morgan fingerprint density at radius 2 is 2.00 bits per heavy atom. The lowest BCUT2D eigenvalue weighted by Gasteiger charge is -2.32. The van der Waals surface area contributed by atoms with Gasteiger partial charge in [-0.2, -0.15) is 0 Å². The molecule has 1 aromatic heterocycles. The van der Waals surface area contributed by atoms with Gasteiger partial charge < -0.3 is 15.0 Å². The van der Waals surface area contributed by atoms with E-state index in [-0.39, 0.29) is 17.6 Å². The second kappa shape index (κ2) is 7.20. The van der Waals surface area contributed by atoms with Crippen molar-refractivity contribution < 1.29 is 9.90 Å². The van der Waals surface area contributed by atoms with Gasteiger partial charge in [0, 0.05) is 25.4 Å². The third-order valence-electron chi connectivity index (χ3n) is 5.17. The highest BCUT2D eigenvalue weighted by molar-refractivity contribution is 5.77. The van der Waals surface area contributed by atoms with Crippen LogP contribution >= 0.6 is 0 Å². The molecule has 5 nitrogen and oxygen atoms in total. The second-order valence-electron chi connectivity index (χ2n) is 6.95. The second-order valence-corrected chi connectivity index (χ2v) is 6.95. The summed E-state index contributed by atoms with van der Waals surface area (Å²) < 4.78 is 0. The van der Waals surface area contributed by atoms with Gasteiger partial charge in [0.1, 0.15) is 11.6 Å². The van der Waals surface area contributed by atoms with E-state index in [0.717, 1.165) is 41.8 Å². The molecule has 1 aliphatic rings. The fourth-order valence-electron chi connectivity index (χ4n) is 3.71. The minimum absolute atomic E-state index is 0.147. The van der Waals surface area contributed by atoms with Gasteiger partial charge in [0.25, 0.3) is 0 Å². The van der Waals surface area contributed by atoms with Crippen LogP contribution in [0, 0.1) is 0 Å². The predicted octanol–water partition coefficient (Wildman–Crippen LogP) is 3.61. The van der Waals surface area contributed by atoms with Gasteiger partial charge in [-0.1, -0.05) is 30.3 Å². The molecule has 1 amide bonds. The van der Waals surface area contributed by atoms with Crippen LogP contribution in [0.5, 0.6) is 5.75 Å². The van der Waals surface area contributed by atoms with Crippen LogP contribution in [0.2, 0.25) is 0 Å². The largest absolute Gasteiger partial charge is 0.508 e. The van der Waals surface area contributed by atoms with Crippen molar-refractivity contribution in [3.63, 3.8) is 0 Å². The quantitative estimate of drug-likeness (QED) is 0.756. The van der Waals surface area contributed by atoms with Crippen LogP contribution in [-0.4, -0.2) is 39.0 Å². The molecule has 2 N–H and O–H groups in total. The van der Waals surface area contributed by atoms with E-state index in [1.165, 1.54) is 0 Å². The molecule has 2 heterocycles. The maximum Gasteiger partial charge on any atom is 0.222 e. The molecule has 3 aromatic rings. The monoisotopic (exact) mass is 349 g/mol. The Kier molecular flexibility index (Phi) is 4.61. The smallest absolute Gasteiger partial charge is 0.222 e. The number of aromatic hydroxyl groups is 1. The first-order valence-corrected chi connectivity index (χ1v) is 9.20. The number of rotatable bonds is 4. The minimum Gasteiger partial charge on any atom is -0.508 e. The number of phenols is 1. The van der Waals surface area contributed by atoms with Gasteiger partial charge in [-0.05, 0) is 43.0 Å². The molecule has 2 aromatic carbocycles. The number of carbonyl (C=O) groups excluding carboxylic acids is 1. The summed E-state index contributed by atoms with van der Waals surface area (Å²) in [6.45, 7) is 1.51. The van der Waals surface area contributed by atoms with Crippen LogP contribution in [0.4, 0.5) is 0 Å². The number of aryl methyl sites for hydroxylation is 1. The number of nitrogens with one attached hydrogen (secondary N) is 1. The van der Waals surface area contributed by atoms with E-state index in [1.54, 1.807) is 12.1 Å². The zero-order valence-corrected chi connectivity index (χ0v) is 14.7. The molecule has 1 fully saturated rings. The highest BCUT2D eigenvalue weighted by Gasteiger charge is 2.26. The first kappa shape index (κ1) is 16.6. The number of carbonyl (C=O) groups is 1. The van der Waals surface area contributed by atoms with Crippen LogP contribution in [0.1, 0.15) is 36.6 Å². The number of imidazole rings is 1. The Balaban J connectivity index is 1.41. The number of aromatic amines is 1. The van der Waals surface area contributed by atoms with Crippen molar-refractivity contribution in [2.45, 2.75) is 31.6 Å². The Hall–Kier alpha value is -2.82. The number of nitrogens with zero attached hydrogens (tertiary/aromatic N) is 2. The average Bonchev–Trinajstić information content (AvgIpc) is 3.11. The summed E-state index contributed by atoms with van der Waals surface area (Å²) >= 11 is 0. The van der Waals surface area contributed by atoms with E-state index >= 15 is 0 Å². The summed E-state index contributed by atoms with van der Waals surface area (Å²) in [6.07, 6.45) is 3.02. The number of H-pyrrole nitrogens is 1. The van der Waals surface area contributed by atoms with Crippen molar-refractivity contribution >= 4 is 16.9 Å². The molecule has 1 atom stereocenters. The summed E-state index contributed by atoms with van der Waals surface area (Å²) in [7, 11) is 0. The van der Waals surface area contributed by atoms with E-state index in [1.807, 2.05) is 41.3 Å². The van der Waals surface area contributed by atoms with Crippen LogP contribution in [0.3, 0.4) is 0 Å². The Bertz CT molecular complexity index is 885. The molecule has 26 heavy (non-hydrogen) atoms. The Morgan fingerprint density at radius 1 is 1.19 bits per heavy atom. The van der Waals surface area contributed by atoms with Crippen LogP contribution in [-0.2, 0) is 11.2 Å². The van der Waals surface area contributed by atoms with E-state index in [9.17, 15) is 9.90 Å². The summed E-state index contributed by atoms with van der Waals surface area (Å²) in [5.74, 6) is 1.64. The number of likely N-dealkylation sites (tertiary alicyclic amines) is 1. The lowest BCUT2D eigenvalue weighted by Crippen LogP contribution is -2.39. The zero-order valence-electron chi connectivity index (χ0n) is 14.7. The maximum absolute atomic E-state index is 12.6. The maximum atomic E-state index is 12.6. The normalized spacial score (nSPS) is 17.5. The number of benzene rings is 2. The summed E-state index contributed by atoms with van der Waals surface area (Å²) in [5.41, 5.74) is 2.85. The van der Waals surface area contributed by atoms with Crippen molar-refractivity contribution in [1.82, 2.24) is 14.9 Å². The predicted molar refractivity (Wildman–Crippen MR) is 101 cm³/mol. The molecule has 0 saturated carbocycles. The lowest BCUT2D eigenvalue weighted by molar-refractivity contribution is -0.132. The molecular weight excluding hydrogens is 326 g/mol. The molecule has 4 rings (SSSR count). The fourth-order valence-corrected chi connectivity index (χ4v) is 3.71. The molecule has 0 spiro atoms.